The number of hydrogen-bond acceptors (Lipinski definition) is 0. The van der Waals surface area contributed by atoms with Gasteiger partial charge >= 0.3 is 124 Å². The smallest absolute Gasteiger partial charge is 2.00 e. The Balaban J connectivity index is 0. The minimum absolute atomic E-state index is 0. The van der Waals surface area contributed by atoms with Crippen molar-refractivity contribution in [3.05, 3.63) is 0 Å². The van der Waals surface area contributed by atoms with E-state index in [4.69, 9.17) is 0 Å². The quantitative estimate of drug-likeness (QED) is 0.408. The number of rotatable bonds is 0. The third kappa shape index (κ3) is 75.7. The summed E-state index contributed by atoms with van der Waals surface area (Å²) in [7, 11) is 0. The fraction of sp³-hybridized carbons (Fsp3) is 0. The Hall–Kier alpha value is 3.96. The standard InChI is InChI=1S/2Ca.5O.2Sb/q2*+2;5*-2;2*+3. The molecule has 0 unspecified atom stereocenters. The maximum atomic E-state index is 0. The Bertz CT molecular complexity index is 12.9. The average Bonchev–Trinajstić information content (AvgIpc) is 0. The minimum atomic E-state index is 0. The first-order chi connectivity index (χ1) is 0. The summed E-state index contributed by atoms with van der Waals surface area (Å²) in [6.07, 6.45) is 0. The van der Waals surface area contributed by atoms with Crippen molar-refractivity contribution in [3.8, 4) is 0 Å². The van der Waals surface area contributed by atoms with E-state index in [0.717, 1.165) is 0 Å². The Morgan fingerprint density at radius 3 is 0.333 bits per heavy atom. The summed E-state index contributed by atoms with van der Waals surface area (Å²) >= 11 is 0. The molecule has 9 heteroatoms. The molecule has 44 valence electrons. The van der Waals surface area contributed by atoms with E-state index >= 15 is 0 Å². The van der Waals surface area contributed by atoms with E-state index in [2.05, 4.69) is 0 Å². The molecule has 0 aromatic carbocycles. The van der Waals surface area contributed by atoms with Crippen molar-refractivity contribution in [2.75, 3.05) is 0 Å². The van der Waals surface area contributed by atoms with Crippen LogP contribution in [0, 0.1) is 0 Å². The number of hydrogen-bond donors (Lipinski definition) is 0. The molecule has 0 fully saturated rings. The van der Waals surface area contributed by atoms with E-state index < -0.39 is 0 Å². The maximum Gasteiger partial charge on any atom is 3.00 e. The molecule has 0 aromatic heterocycles. The molecular formula is Ca2O5Sb2. The molecule has 0 amide bonds. The van der Waals surface area contributed by atoms with Gasteiger partial charge in [-0.3, -0.25) is 0 Å². The van der Waals surface area contributed by atoms with Crippen LogP contribution in [-0.2, 0) is 27.4 Å². The molecule has 5 nitrogen and oxygen atoms in total. The van der Waals surface area contributed by atoms with Crippen LogP contribution in [0.1, 0.15) is 0 Å². The van der Waals surface area contributed by atoms with Crippen molar-refractivity contribution in [2.24, 2.45) is 0 Å². The van der Waals surface area contributed by atoms with Gasteiger partial charge in [0.1, 0.15) is 0 Å². The molecule has 0 rings (SSSR count). The van der Waals surface area contributed by atoms with Crippen molar-refractivity contribution in [1.29, 1.82) is 0 Å². The Kier molecular flexibility index (Phi) is 1210. The van der Waals surface area contributed by atoms with Gasteiger partial charge in [-0.15, -0.1) is 0 Å². The molecule has 0 heterocycles. The predicted octanol–water partition coefficient (Wildman–Crippen LogP) is -2.12. The van der Waals surface area contributed by atoms with Crippen molar-refractivity contribution in [3.63, 3.8) is 0 Å². The molecule has 0 aliphatic carbocycles. The zero-order valence-electron chi connectivity index (χ0n) is 4.35. The van der Waals surface area contributed by atoms with E-state index in [0.29, 0.717) is 0 Å². The van der Waals surface area contributed by atoms with Gasteiger partial charge in [-0.25, -0.2) is 0 Å². The first kappa shape index (κ1) is 118. The average molecular weight is 404 g/mol. The Morgan fingerprint density at radius 2 is 0.333 bits per heavy atom. The second kappa shape index (κ2) is 91.7. The second-order valence-corrected chi connectivity index (χ2v) is 0. The van der Waals surface area contributed by atoms with E-state index in [1.165, 1.54) is 0 Å². The fourth-order valence-corrected chi connectivity index (χ4v) is 0. The van der Waals surface area contributed by atoms with Gasteiger partial charge in [-0.2, -0.15) is 0 Å². The van der Waals surface area contributed by atoms with Gasteiger partial charge in [0, 0.05) is 0 Å². The first-order valence-corrected chi connectivity index (χ1v) is 0. The summed E-state index contributed by atoms with van der Waals surface area (Å²) < 4.78 is 0. The minimum Gasteiger partial charge on any atom is -2.00 e. The van der Waals surface area contributed by atoms with Crippen molar-refractivity contribution in [1.82, 2.24) is 0 Å². The van der Waals surface area contributed by atoms with Crippen LogP contribution in [0.5, 0.6) is 0 Å². The molecule has 0 spiro atoms. The fourth-order valence-electron chi connectivity index (χ4n) is 0. The zero-order chi connectivity index (χ0) is 0. The van der Waals surface area contributed by atoms with Gasteiger partial charge in [-0.1, -0.05) is 0 Å². The van der Waals surface area contributed by atoms with E-state index in [1.54, 1.807) is 0 Å². The van der Waals surface area contributed by atoms with Gasteiger partial charge in [0.05, 0.1) is 0 Å². The van der Waals surface area contributed by atoms with Crippen LogP contribution in [0.4, 0.5) is 0 Å². The molecule has 0 N–H and O–H groups in total. The van der Waals surface area contributed by atoms with Crippen molar-refractivity contribution >= 4 is 124 Å². The third-order valence-electron chi connectivity index (χ3n) is 0. The third-order valence-corrected chi connectivity index (χ3v) is 0. The van der Waals surface area contributed by atoms with Gasteiger partial charge in [0.15, 0.2) is 0 Å². The van der Waals surface area contributed by atoms with E-state index in [1.807, 2.05) is 0 Å². The molecule has 0 aromatic rings. The van der Waals surface area contributed by atoms with Gasteiger partial charge in [0.25, 0.3) is 0 Å². The predicted molar refractivity (Wildman–Crippen MR) is 26.4 cm³/mol. The van der Waals surface area contributed by atoms with Crippen LogP contribution < -0.4 is 0 Å². The molecule has 4 radical (unpaired) electrons. The molecule has 0 atom stereocenters. The van der Waals surface area contributed by atoms with Gasteiger partial charge in [0.2, 0.25) is 0 Å². The van der Waals surface area contributed by atoms with Crippen LogP contribution in [0.3, 0.4) is 0 Å². The van der Waals surface area contributed by atoms with Crippen LogP contribution >= 0.6 is 0 Å². The molecule has 0 aliphatic rings. The first-order valence-electron chi connectivity index (χ1n) is 0. The molecule has 0 aliphatic heterocycles. The molecule has 0 saturated heterocycles. The second-order valence-electron chi connectivity index (χ2n) is 0. The summed E-state index contributed by atoms with van der Waals surface area (Å²) in [5.74, 6) is 0. The van der Waals surface area contributed by atoms with Crippen LogP contribution in [-0.4, -0.2) is 124 Å². The topological polar surface area (TPSA) is 142 Å². The SMILES string of the molecule is [Ca+2].[Ca+2].[O-2].[O-2].[O-2].[O-2].[O-2].[Sb+3].[Sb+3]. The van der Waals surface area contributed by atoms with E-state index in [-0.39, 0.29) is 152 Å². The monoisotopic (exact) mass is 402 g/mol. The molecule has 0 saturated carbocycles. The van der Waals surface area contributed by atoms with Gasteiger partial charge < -0.3 is 27.4 Å². The summed E-state index contributed by atoms with van der Waals surface area (Å²) in [6, 6.07) is 0. The van der Waals surface area contributed by atoms with Crippen LogP contribution in [0.25, 0.3) is 0 Å². The zero-order valence-corrected chi connectivity index (χ0v) is 13.9. The summed E-state index contributed by atoms with van der Waals surface area (Å²) in [5, 5.41) is 0. The van der Waals surface area contributed by atoms with Crippen LogP contribution in [0.15, 0.2) is 0 Å². The van der Waals surface area contributed by atoms with Crippen LogP contribution in [0.2, 0.25) is 0 Å². The normalized spacial score (nSPS) is 0. The molecule has 9 heavy (non-hydrogen) atoms. The summed E-state index contributed by atoms with van der Waals surface area (Å²) in [4.78, 5) is 0. The maximum absolute atomic E-state index is 0. The van der Waals surface area contributed by atoms with Crippen molar-refractivity contribution in [2.45, 2.75) is 0 Å². The Morgan fingerprint density at radius 1 is 0.333 bits per heavy atom. The molecular weight excluding hydrogens is 404 g/mol. The Labute approximate surface area is 148 Å². The van der Waals surface area contributed by atoms with Gasteiger partial charge in [-0.05, 0) is 0 Å². The van der Waals surface area contributed by atoms with E-state index in [9.17, 15) is 0 Å². The van der Waals surface area contributed by atoms with Crippen molar-refractivity contribution < 1.29 is 27.4 Å². The largest absolute Gasteiger partial charge is 3.00 e. The summed E-state index contributed by atoms with van der Waals surface area (Å²) in [6.45, 7) is 0. The summed E-state index contributed by atoms with van der Waals surface area (Å²) in [5.41, 5.74) is 0. The molecule has 0 bridgehead atoms.